The Bertz CT molecular complexity index is 1400. The number of hydrogen-bond donors (Lipinski definition) is 1. The lowest BCUT2D eigenvalue weighted by molar-refractivity contribution is -0.245. The second-order valence-electron chi connectivity index (χ2n) is 12.0. The van der Waals surface area contributed by atoms with Gasteiger partial charge in [0.25, 0.3) is 8.32 Å². The van der Waals surface area contributed by atoms with Gasteiger partial charge in [-0.2, -0.15) is 0 Å². The van der Waals surface area contributed by atoms with Crippen LogP contribution in [0, 0.1) is 0 Å². The molecule has 1 fully saturated rings. The summed E-state index contributed by atoms with van der Waals surface area (Å²) in [5, 5.41) is 13.6. The molecule has 1 aliphatic carbocycles. The van der Waals surface area contributed by atoms with Crippen LogP contribution in [0.25, 0.3) is 0 Å². The summed E-state index contributed by atoms with van der Waals surface area (Å²) in [4.78, 5) is 0. The van der Waals surface area contributed by atoms with Crippen LogP contribution in [0.1, 0.15) is 44.1 Å². The van der Waals surface area contributed by atoms with E-state index in [9.17, 15) is 5.11 Å². The Kier molecular flexibility index (Phi) is 7.81. The van der Waals surface area contributed by atoms with E-state index in [2.05, 4.69) is 93.6 Å². The molecule has 0 unspecified atom stereocenters. The molecule has 1 saturated heterocycles. The lowest BCUT2D eigenvalue weighted by Gasteiger charge is -2.51. The molecular weight excluding hydrogens is 524 g/mol. The first-order valence-electron chi connectivity index (χ1n) is 14.4. The smallest absolute Gasteiger partial charge is 0.261 e. The van der Waals surface area contributed by atoms with Crippen LogP contribution in [0.3, 0.4) is 0 Å². The molecule has 5 heteroatoms. The molecule has 0 amide bonds. The van der Waals surface area contributed by atoms with Crippen LogP contribution in [0.15, 0.2) is 133 Å². The van der Waals surface area contributed by atoms with Gasteiger partial charge in [-0.15, -0.1) is 0 Å². The Balaban J connectivity index is 1.45. The van der Waals surface area contributed by atoms with E-state index >= 15 is 0 Å². The van der Waals surface area contributed by atoms with E-state index in [1.165, 1.54) is 0 Å². The van der Waals surface area contributed by atoms with Crippen molar-refractivity contribution in [1.82, 2.24) is 0 Å². The Morgan fingerprint density at radius 1 is 0.610 bits per heavy atom. The summed E-state index contributed by atoms with van der Waals surface area (Å²) < 4.78 is 21.3. The highest BCUT2D eigenvalue weighted by atomic mass is 28.4. The molecule has 41 heavy (non-hydrogen) atoms. The van der Waals surface area contributed by atoms with E-state index in [0.717, 1.165) is 21.5 Å². The lowest BCUT2D eigenvalue weighted by Crippen LogP contribution is -2.70. The average Bonchev–Trinajstić information content (AvgIpc) is 3.01. The van der Waals surface area contributed by atoms with E-state index in [1.807, 2.05) is 60.7 Å². The highest BCUT2D eigenvalue weighted by Gasteiger charge is 2.55. The van der Waals surface area contributed by atoms with E-state index in [-0.39, 0.29) is 23.4 Å². The van der Waals surface area contributed by atoms with Crippen LogP contribution < -0.4 is 10.4 Å². The second-order valence-corrected chi connectivity index (χ2v) is 16.2. The predicted octanol–water partition coefficient (Wildman–Crippen LogP) is 6.13. The molecular formula is C36H38O4Si. The van der Waals surface area contributed by atoms with E-state index in [0.29, 0.717) is 0 Å². The number of aliphatic hydroxyl groups excluding tert-OH is 1. The summed E-state index contributed by atoms with van der Waals surface area (Å²) in [5.41, 5.74) is 2.09. The quantitative estimate of drug-likeness (QED) is 0.227. The number of aliphatic hydroxyl groups is 1. The molecule has 1 aliphatic heterocycles. The third-order valence-electron chi connectivity index (χ3n) is 8.35. The van der Waals surface area contributed by atoms with Gasteiger partial charge < -0.3 is 19.0 Å². The van der Waals surface area contributed by atoms with Gasteiger partial charge in [0.05, 0.1) is 6.10 Å². The highest BCUT2D eigenvalue weighted by Crippen LogP contribution is 2.46. The Morgan fingerprint density at radius 3 is 1.51 bits per heavy atom. The second kappa shape index (κ2) is 11.5. The molecule has 2 aliphatic rings. The lowest BCUT2D eigenvalue weighted by atomic mass is 9.90. The molecule has 6 rings (SSSR count). The first kappa shape index (κ1) is 27.8. The summed E-state index contributed by atoms with van der Waals surface area (Å²) in [6.45, 7) is 6.74. The molecule has 0 aromatic heterocycles. The summed E-state index contributed by atoms with van der Waals surface area (Å²) >= 11 is 0. The van der Waals surface area contributed by atoms with Crippen molar-refractivity contribution in [2.45, 2.75) is 62.4 Å². The van der Waals surface area contributed by atoms with E-state index in [1.54, 1.807) is 0 Å². The minimum absolute atomic E-state index is 0.243. The van der Waals surface area contributed by atoms with Crippen molar-refractivity contribution >= 4 is 18.7 Å². The maximum atomic E-state index is 11.5. The number of rotatable bonds is 6. The highest BCUT2D eigenvalue weighted by molar-refractivity contribution is 6.99. The third kappa shape index (κ3) is 5.25. The van der Waals surface area contributed by atoms with Gasteiger partial charge in [0.15, 0.2) is 0 Å². The van der Waals surface area contributed by atoms with Crippen LogP contribution in [0.2, 0.25) is 5.04 Å². The zero-order chi connectivity index (χ0) is 28.5. The van der Waals surface area contributed by atoms with Gasteiger partial charge in [0.2, 0.25) is 0 Å². The zero-order valence-corrected chi connectivity index (χ0v) is 24.8. The van der Waals surface area contributed by atoms with Crippen LogP contribution in [0.4, 0.5) is 0 Å². The Morgan fingerprint density at radius 2 is 1.05 bits per heavy atom. The predicted molar refractivity (Wildman–Crippen MR) is 166 cm³/mol. The normalized spacial score (nSPS) is 26.3. The molecule has 0 bridgehead atoms. The summed E-state index contributed by atoms with van der Waals surface area (Å²) in [6, 6.07) is 41.5. The Labute approximate surface area is 244 Å². The first-order valence-corrected chi connectivity index (χ1v) is 16.4. The number of fused-ring (bicyclic) bond motifs is 1. The fourth-order valence-electron chi connectivity index (χ4n) is 6.41. The zero-order valence-electron chi connectivity index (χ0n) is 23.8. The topological polar surface area (TPSA) is 47.9 Å². The minimum Gasteiger partial charge on any atom is -0.399 e. The molecule has 0 spiro atoms. The molecule has 0 saturated carbocycles. The van der Waals surface area contributed by atoms with Gasteiger partial charge in [-0.1, -0.05) is 154 Å². The monoisotopic (exact) mass is 562 g/mol. The first-order chi connectivity index (χ1) is 19.9. The van der Waals surface area contributed by atoms with Gasteiger partial charge in [-0.05, 0) is 26.5 Å². The third-order valence-corrected chi connectivity index (χ3v) is 13.4. The summed E-state index contributed by atoms with van der Waals surface area (Å²) in [6.07, 6.45) is 0.770. The van der Waals surface area contributed by atoms with Crippen molar-refractivity contribution in [3.05, 3.63) is 145 Å². The number of benzene rings is 4. The molecule has 1 N–H and O–H groups in total. The molecule has 6 atom stereocenters. The molecule has 0 radical (unpaired) electrons. The van der Waals surface area contributed by atoms with Gasteiger partial charge in [-0.3, -0.25) is 0 Å². The minimum atomic E-state index is -2.97. The number of hydrogen-bond acceptors (Lipinski definition) is 4. The fraction of sp³-hybridized carbons (Fsp3) is 0.278. The van der Waals surface area contributed by atoms with Crippen molar-refractivity contribution in [2.24, 2.45) is 0 Å². The van der Waals surface area contributed by atoms with Crippen molar-refractivity contribution in [2.75, 3.05) is 0 Å². The van der Waals surface area contributed by atoms with Crippen LogP contribution in [-0.2, 0) is 13.9 Å². The van der Waals surface area contributed by atoms with Gasteiger partial charge in [0, 0.05) is 0 Å². The van der Waals surface area contributed by atoms with Crippen LogP contribution in [-0.4, -0.2) is 37.8 Å². The average molecular weight is 563 g/mol. The van der Waals surface area contributed by atoms with Gasteiger partial charge >= 0.3 is 0 Å². The Hall–Kier alpha value is -3.32. The summed E-state index contributed by atoms with van der Waals surface area (Å²) in [7, 11) is -2.97. The largest absolute Gasteiger partial charge is 0.399 e. The number of ether oxygens (including phenoxy) is 2. The van der Waals surface area contributed by atoms with Gasteiger partial charge in [0.1, 0.15) is 30.5 Å². The van der Waals surface area contributed by atoms with Crippen LogP contribution >= 0.6 is 0 Å². The van der Waals surface area contributed by atoms with E-state index < -0.39 is 26.6 Å². The van der Waals surface area contributed by atoms with Crippen molar-refractivity contribution in [3.8, 4) is 0 Å². The molecule has 210 valence electrons. The van der Waals surface area contributed by atoms with Crippen molar-refractivity contribution in [3.63, 3.8) is 0 Å². The molecule has 4 aromatic rings. The van der Waals surface area contributed by atoms with Crippen molar-refractivity contribution in [1.29, 1.82) is 0 Å². The van der Waals surface area contributed by atoms with E-state index in [4.69, 9.17) is 13.9 Å². The maximum absolute atomic E-state index is 11.5. The SMILES string of the molecule is CC(C)(C)[Si](O[C@@H]1[C@H]2O[C@@H](c3ccccc3)[C@H](c3ccccc3)O[C@H]2C=C[C@H]1O)(c1ccccc1)c1ccccc1. The van der Waals surface area contributed by atoms with Crippen molar-refractivity contribution < 1.29 is 19.0 Å². The molecule has 4 aromatic carbocycles. The summed E-state index contributed by atoms with van der Waals surface area (Å²) in [5.74, 6) is 0. The fourth-order valence-corrected chi connectivity index (χ4v) is 11.1. The molecule has 4 nitrogen and oxygen atoms in total. The van der Waals surface area contributed by atoms with Gasteiger partial charge in [-0.25, -0.2) is 0 Å². The standard InChI is InChI=1S/C36H38O4Si/c1-36(2,3)41(28-20-12-6-13-21-28,29-22-14-7-15-23-29)40-34-30(37)24-25-31-35(34)39-33(27-18-10-5-11-19-27)32(38-31)26-16-8-4-9-17-26/h4-25,30-35,37H,1-3H3/t30-,31+,32+,33+,34+,35+/m1/s1. The van der Waals surface area contributed by atoms with Crippen LogP contribution in [0.5, 0.6) is 0 Å². The maximum Gasteiger partial charge on any atom is 0.261 e. The molecule has 1 heterocycles.